The third kappa shape index (κ3) is 3.58. The summed E-state index contributed by atoms with van der Waals surface area (Å²) in [5.41, 5.74) is 2.41. The maximum Gasteiger partial charge on any atom is 0.162 e. The molecule has 1 aromatic carbocycles. The van der Waals surface area contributed by atoms with Crippen molar-refractivity contribution >= 4 is 5.82 Å². The van der Waals surface area contributed by atoms with Crippen LogP contribution in [-0.2, 0) is 0 Å². The van der Waals surface area contributed by atoms with E-state index in [1.807, 2.05) is 18.2 Å². The number of halogens is 1. The first-order valence-electron chi connectivity index (χ1n) is 7.16. The van der Waals surface area contributed by atoms with Crippen LogP contribution in [0.4, 0.5) is 10.2 Å². The molecule has 0 fully saturated rings. The van der Waals surface area contributed by atoms with Crippen molar-refractivity contribution in [2.45, 2.75) is 0 Å². The van der Waals surface area contributed by atoms with E-state index in [-0.39, 0.29) is 5.82 Å². The molecule has 0 spiro atoms. The monoisotopic (exact) mass is 306 g/mol. The second kappa shape index (κ2) is 6.79. The fourth-order valence-electron chi connectivity index (χ4n) is 2.11. The van der Waals surface area contributed by atoms with Crippen LogP contribution < -0.4 is 5.32 Å². The predicted octanol–water partition coefficient (Wildman–Crippen LogP) is 3.94. The standard InChI is InChI=1S/C18H15FN4/c1-2-9-21-17-12-16(13-3-5-15(19)6-4-13)22-18(23-17)14-7-10-20-11-8-14/h2-8,10-12H,1,9H2,(H,21,22,23). The lowest BCUT2D eigenvalue weighted by molar-refractivity contribution is 0.628. The Kier molecular flexibility index (Phi) is 4.38. The van der Waals surface area contributed by atoms with Crippen molar-refractivity contribution in [1.82, 2.24) is 15.0 Å². The SMILES string of the molecule is C=CCNc1cc(-c2ccc(F)cc2)nc(-c2ccncc2)n1. The lowest BCUT2D eigenvalue weighted by atomic mass is 10.1. The first-order valence-corrected chi connectivity index (χ1v) is 7.16. The van der Waals surface area contributed by atoms with Crippen molar-refractivity contribution in [3.63, 3.8) is 0 Å². The van der Waals surface area contributed by atoms with Gasteiger partial charge in [0.1, 0.15) is 11.6 Å². The molecule has 2 aromatic heterocycles. The van der Waals surface area contributed by atoms with Crippen molar-refractivity contribution < 1.29 is 4.39 Å². The van der Waals surface area contributed by atoms with E-state index in [0.717, 1.165) is 16.8 Å². The minimum Gasteiger partial charge on any atom is -0.366 e. The molecule has 3 aromatic rings. The van der Waals surface area contributed by atoms with Gasteiger partial charge in [0.15, 0.2) is 5.82 Å². The predicted molar refractivity (Wildman–Crippen MR) is 89.3 cm³/mol. The maximum absolute atomic E-state index is 13.1. The number of aromatic nitrogens is 3. The van der Waals surface area contributed by atoms with E-state index < -0.39 is 0 Å². The lowest BCUT2D eigenvalue weighted by Crippen LogP contribution is -2.03. The Morgan fingerprint density at radius 1 is 1.00 bits per heavy atom. The highest BCUT2D eigenvalue weighted by molar-refractivity contribution is 5.67. The largest absolute Gasteiger partial charge is 0.366 e. The second-order valence-corrected chi connectivity index (χ2v) is 4.87. The molecular formula is C18H15FN4. The zero-order valence-corrected chi connectivity index (χ0v) is 12.4. The highest BCUT2D eigenvalue weighted by Crippen LogP contribution is 2.24. The van der Waals surface area contributed by atoms with Gasteiger partial charge in [-0.15, -0.1) is 6.58 Å². The van der Waals surface area contributed by atoms with Gasteiger partial charge in [0, 0.05) is 36.1 Å². The molecule has 0 atom stereocenters. The average molecular weight is 306 g/mol. The summed E-state index contributed by atoms with van der Waals surface area (Å²) in [5.74, 6) is 0.994. The molecule has 5 heteroatoms. The summed E-state index contributed by atoms with van der Waals surface area (Å²) in [6.45, 7) is 4.28. The van der Waals surface area contributed by atoms with E-state index in [4.69, 9.17) is 0 Å². The molecule has 0 aliphatic rings. The Bertz CT molecular complexity index is 801. The number of nitrogens with zero attached hydrogens (tertiary/aromatic N) is 3. The third-order valence-electron chi connectivity index (χ3n) is 3.23. The Labute approximate surface area is 133 Å². The van der Waals surface area contributed by atoms with Crippen LogP contribution in [0.3, 0.4) is 0 Å². The van der Waals surface area contributed by atoms with Gasteiger partial charge in [-0.1, -0.05) is 6.08 Å². The minimum absolute atomic E-state index is 0.276. The molecule has 2 heterocycles. The summed E-state index contributed by atoms with van der Waals surface area (Å²) in [7, 11) is 0. The lowest BCUT2D eigenvalue weighted by Gasteiger charge is -2.09. The Hall–Kier alpha value is -3.08. The molecule has 3 rings (SSSR count). The fourth-order valence-corrected chi connectivity index (χ4v) is 2.11. The molecule has 114 valence electrons. The maximum atomic E-state index is 13.1. The fraction of sp³-hybridized carbons (Fsp3) is 0.0556. The topological polar surface area (TPSA) is 50.7 Å². The van der Waals surface area contributed by atoms with Gasteiger partial charge in [0.25, 0.3) is 0 Å². The first kappa shape index (κ1) is 14.8. The van der Waals surface area contributed by atoms with Crippen LogP contribution in [0.5, 0.6) is 0 Å². The van der Waals surface area contributed by atoms with E-state index in [9.17, 15) is 4.39 Å². The molecule has 0 saturated heterocycles. The molecule has 0 radical (unpaired) electrons. The van der Waals surface area contributed by atoms with Crippen LogP contribution in [-0.4, -0.2) is 21.5 Å². The van der Waals surface area contributed by atoms with E-state index in [1.54, 1.807) is 30.6 Å². The summed E-state index contributed by atoms with van der Waals surface area (Å²) in [5, 5.41) is 3.17. The Balaban J connectivity index is 2.07. The molecule has 0 saturated carbocycles. The quantitative estimate of drug-likeness (QED) is 0.725. The first-order chi connectivity index (χ1) is 11.3. The highest BCUT2D eigenvalue weighted by atomic mass is 19.1. The van der Waals surface area contributed by atoms with E-state index in [2.05, 4.69) is 26.8 Å². The summed E-state index contributed by atoms with van der Waals surface area (Å²) in [6, 6.07) is 11.8. The molecule has 4 nitrogen and oxygen atoms in total. The number of nitrogens with one attached hydrogen (secondary N) is 1. The van der Waals surface area contributed by atoms with Gasteiger partial charge in [0.05, 0.1) is 5.69 Å². The summed E-state index contributed by atoms with van der Waals surface area (Å²) in [6.07, 6.45) is 5.14. The Morgan fingerprint density at radius 2 is 1.74 bits per heavy atom. The van der Waals surface area contributed by atoms with Gasteiger partial charge >= 0.3 is 0 Å². The van der Waals surface area contributed by atoms with Crippen LogP contribution >= 0.6 is 0 Å². The number of rotatable bonds is 5. The molecule has 0 aliphatic heterocycles. The van der Waals surface area contributed by atoms with Crippen LogP contribution in [0.15, 0.2) is 67.5 Å². The summed E-state index contributed by atoms with van der Waals surface area (Å²) < 4.78 is 13.1. The zero-order chi connectivity index (χ0) is 16.1. The molecule has 0 aliphatic carbocycles. The number of pyridine rings is 1. The summed E-state index contributed by atoms with van der Waals surface area (Å²) >= 11 is 0. The van der Waals surface area contributed by atoms with Gasteiger partial charge < -0.3 is 5.32 Å². The average Bonchev–Trinajstić information content (AvgIpc) is 2.61. The van der Waals surface area contributed by atoms with Gasteiger partial charge in [-0.3, -0.25) is 4.98 Å². The normalized spacial score (nSPS) is 10.3. The van der Waals surface area contributed by atoms with E-state index in [0.29, 0.717) is 18.2 Å². The van der Waals surface area contributed by atoms with Crippen LogP contribution in [0.2, 0.25) is 0 Å². The van der Waals surface area contributed by atoms with Crippen molar-refractivity contribution in [2.24, 2.45) is 0 Å². The number of benzene rings is 1. The molecule has 1 N–H and O–H groups in total. The summed E-state index contributed by atoms with van der Waals surface area (Å²) in [4.78, 5) is 13.1. The molecule has 0 unspecified atom stereocenters. The third-order valence-corrected chi connectivity index (χ3v) is 3.23. The number of anilines is 1. The van der Waals surface area contributed by atoms with E-state index in [1.165, 1.54) is 12.1 Å². The van der Waals surface area contributed by atoms with E-state index >= 15 is 0 Å². The number of hydrogen-bond acceptors (Lipinski definition) is 4. The molecule has 23 heavy (non-hydrogen) atoms. The van der Waals surface area contributed by atoms with Crippen LogP contribution in [0.25, 0.3) is 22.6 Å². The van der Waals surface area contributed by atoms with Gasteiger partial charge in [-0.25, -0.2) is 14.4 Å². The van der Waals surface area contributed by atoms with Gasteiger partial charge in [-0.05, 0) is 36.4 Å². The second-order valence-electron chi connectivity index (χ2n) is 4.87. The Morgan fingerprint density at radius 3 is 2.43 bits per heavy atom. The van der Waals surface area contributed by atoms with Crippen LogP contribution in [0.1, 0.15) is 0 Å². The minimum atomic E-state index is -0.276. The van der Waals surface area contributed by atoms with Gasteiger partial charge in [-0.2, -0.15) is 0 Å². The molecule has 0 bridgehead atoms. The van der Waals surface area contributed by atoms with Crippen molar-refractivity contribution in [1.29, 1.82) is 0 Å². The number of hydrogen-bond donors (Lipinski definition) is 1. The van der Waals surface area contributed by atoms with Gasteiger partial charge in [0.2, 0.25) is 0 Å². The zero-order valence-electron chi connectivity index (χ0n) is 12.4. The van der Waals surface area contributed by atoms with Crippen LogP contribution in [0, 0.1) is 5.82 Å². The van der Waals surface area contributed by atoms with Crippen molar-refractivity contribution in [3.8, 4) is 22.6 Å². The molecule has 0 amide bonds. The highest BCUT2D eigenvalue weighted by Gasteiger charge is 2.08. The van der Waals surface area contributed by atoms with Crippen molar-refractivity contribution in [2.75, 3.05) is 11.9 Å². The smallest absolute Gasteiger partial charge is 0.162 e. The molecular weight excluding hydrogens is 291 g/mol. The van der Waals surface area contributed by atoms with Crippen molar-refractivity contribution in [3.05, 3.63) is 73.3 Å².